The monoisotopic (exact) mass is 534 g/mol. The van der Waals surface area contributed by atoms with Crippen LogP contribution in [0.5, 0.6) is 11.5 Å². The van der Waals surface area contributed by atoms with E-state index in [0.717, 1.165) is 23.3 Å². The SMILES string of the molecule is O=C(O)COc1ccc(COc2cc(Cl)ccc2-c2nc3cc(F)c(F)cc3n2Cc2ccccc2)cc1. The summed E-state index contributed by atoms with van der Waals surface area (Å²) in [6.45, 7) is 0.117. The van der Waals surface area contributed by atoms with Crippen molar-refractivity contribution in [2.24, 2.45) is 0 Å². The molecule has 0 radical (unpaired) electrons. The number of rotatable bonds is 9. The molecule has 1 aromatic heterocycles. The summed E-state index contributed by atoms with van der Waals surface area (Å²) in [6.07, 6.45) is 0. The number of halogens is 3. The van der Waals surface area contributed by atoms with Crippen LogP contribution in [0.4, 0.5) is 8.78 Å². The molecule has 0 saturated heterocycles. The van der Waals surface area contributed by atoms with Crippen molar-refractivity contribution in [2.75, 3.05) is 6.61 Å². The summed E-state index contributed by atoms with van der Waals surface area (Å²) in [6, 6.07) is 23.8. The van der Waals surface area contributed by atoms with Gasteiger partial charge in [0.25, 0.3) is 0 Å². The van der Waals surface area contributed by atoms with Gasteiger partial charge in [0.2, 0.25) is 0 Å². The van der Waals surface area contributed by atoms with Crippen LogP contribution in [0.25, 0.3) is 22.4 Å². The van der Waals surface area contributed by atoms with E-state index < -0.39 is 24.2 Å². The van der Waals surface area contributed by atoms with Gasteiger partial charge >= 0.3 is 5.97 Å². The molecule has 0 atom stereocenters. The van der Waals surface area contributed by atoms with Crippen molar-refractivity contribution in [3.8, 4) is 22.9 Å². The number of fused-ring (bicyclic) bond motifs is 1. The van der Waals surface area contributed by atoms with E-state index in [1.54, 1.807) is 42.5 Å². The molecule has 0 bridgehead atoms. The third kappa shape index (κ3) is 5.60. The topological polar surface area (TPSA) is 73.6 Å². The van der Waals surface area contributed by atoms with E-state index >= 15 is 0 Å². The van der Waals surface area contributed by atoms with Gasteiger partial charge in [-0.15, -0.1) is 0 Å². The molecule has 1 N–H and O–H groups in total. The van der Waals surface area contributed by atoms with Gasteiger partial charge < -0.3 is 19.1 Å². The van der Waals surface area contributed by atoms with Gasteiger partial charge in [0.05, 0.1) is 16.6 Å². The number of aromatic nitrogens is 2. The zero-order valence-electron chi connectivity index (χ0n) is 19.9. The van der Waals surface area contributed by atoms with Crippen molar-refractivity contribution in [1.29, 1.82) is 0 Å². The zero-order valence-corrected chi connectivity index (χ0v) is 20.7. The summed E-state index contributed by atoms with van der Waals surface area (Å²) in [5, 5.41) is 9.21. The standard InChI is InChI=1S/C29H21ClF2N2O4/c30-20-8-11-22(27(12-20)38-16-19-6-9-21(10-7-19)37-17-28(35)36)29-33-25-13-23(31)24(32)14-26(25)34(29)15-18-4-2-1-3-5-18/h1-14H,15-17H2,(H,35,36). The Morgan fingerprint density at radius 3 is 2.37 bits per heavy atom. The first-order valence-electron chi connectivity index (χ1n) is 11.6. The second-order valence-electron chi connectivity index (χ2n) is 8.52. The molecule has 5 rings (SSSR count). The van der Waals surface area contributed by atoms with Gasteiger partial charge in [-0.25, -0.2) is 18.6 Å². The van der Waals surface area contributed by atoms with Crippen molar-refractivity contribution in [3.63, 3.8) is 0 Å². The van der Waals surface area contributed by atoms with Gasteiger partial charge in [-0.1, -0.05) is 54.1 Å². The summed E-state index contributed by atoms with van der Waals surface area (Å²) < 4.78 is 41.4. The zero-order chi connectivity index (χ0) is 26.6. The summed E-state index contributed by atoms with van der Waals surface area (Å²) in [7, 11) is 0. The maximum Gasteiger partial charge on any atom is 0.341 e. The van der Waals surface area contributed by atoms with E-state index in [1.807, 2.05) is 34.9 Å². The maximum absolute atomic E-state index is 14.2. The predicted molar refractivity (Wildman–Crippen MR) is 140 cm³/mol. The van der Waals surface area contributed by atoms with Gasteiger partial charge in [-0.3, -0.25) is 0 Å². The summed E-state index contributed by atoms with van der Waals surface area (Å²) in [4.78, 5) is 15.3. The highest BCUT2D eigenvalue weighted by molar-refractivity contribution is 6.30. The number of carbonyl (C=O) groups is 1. The Morgan fingerprint density at radius 1 is 0.895 bits per heavy atom. The molecular formula is C29H21ClF2N2O4. The van der Waals surface area contributed by atoms with E-state index in [4.69, 9.17) is 26.2 Å². The molecule has 0 fully saturated rings. The minimum absolute atomic E-state index is 0.175. The number of ether oxygens (including phenoxy) is 2. The first-order valence-corrected chi connectivity index (χ1v) is 12.0. The van der Waals surface area contributed by atoms with Crippen LogP contribution in [0.2, 0.25) is 5.02 Å². The van der Waals surface area contributed by atoms with Crippen molar-refractivity contribution in [1.82, 2.24) is 9.55 Å². The van der Waals surface area contributed by atoms with Crippen LogP contribution in [-0.2, 0) is 17.9 Å². The Labute approximate surface area is 221 Å². The molecule has 4 aromatic carbocycles. The first kappa shape index (κ1) is 25.2. The van der Waals surface area contributed by atoms with E-state index in [0.29, 0.717) is 45.5 Å². The number of aliphatic carboxylic acids is 1. The van der Waals surface area contributed by atoms with Gasteiger partial charge in [0, 0.05) is 23.7 Å². The van der Waals surface area contributed by atoms with E-state index in [2.05, 4.69) is 4.98 Å². The number of nitrogens with zero attached hydrogens (tertiary/aromatic N) is 2. The highest BCUT2D eigenvalue weighted by Gasteiger charge is 2.19. The van der Waals surface area contributed by atoms with Crippen LogP contribution >= 0.6 is 11.6 Å². The fourth-order valence-corrected chi connectivity index (χ4v) is 4.20. The molecule has 1 heterocycles. The number of imidazole rings is 1. The van der Waals surface area contributed by atoms with E-state index in [9.17, 15) is 13.6 Å². The Balaban J connectivity index is 1.50. The molecule has 0 aliphatic carbocycles. The number of carboxylic acid groups (broad SMARTS) is 1. The molecule has 0 aliphatic rings. The minimum Gasteiger partial charge on any atom is -0.488 e. The van der Waals surface area contributed by atoms with Crippen LogP contribution in [0.3, 0.4) is 0 Å². The quantitative estimate of drug-likeness (QED) is 0.227. The Bertz CT molecular complexity index is 1610. The van der Waals surface area contributed by atoms with Crippen molar-refractivity contribution in [3.05, 3.63) is 113 Å². The average Bonchev–Trinajstić information content (AvgIpc) is 3.24. The number of benzene rings is 4. The van der Waals surface area contributed by atoms with Crippen molar-refractivity contribution >= 4 is 28.6 Å². The van der Waals surface area contributed by atoms with Crippen LogP contribution in [0.1, 0.15) is 11.1 Å². The average molecular weight is 535 g/mol. The van der Waals surface area contributed by atoms with E-state index in [1.165, 1.54) is 0 Å². The summed E-state index contributed by atoms with van der Waals surface area (Å²) in [5.74, 6) is -1.66. The fourth-order valence-electron chi connectivity index (χ4n) is 4.04. The second kappa shape index (κ2) is 10.9. The molecule has 192 valence electrons. The number of carboxylic acids is 1. The molecular weight excluding hydrogens is 514 g/mol. The smallest absolute Gasteiger partial charge is 0.341 e. The molecule has 9 heteroatoms. The van der Waals surface area contributed by atoms with E-state index in [-0.39, 0.29) is 6.61 Å². The third-order valence-corrected chi connectivity index (χ3v) is 6.07. The van der Waals surface area contributed by atoms with Gasteiger partial charge in [-0.2, -0.15) is 0 Å². The summed E-state index contributed by atoms with van der Waals surface area (Å²) in [5.41, 5.74) is 3.12. The highest BCUT2D eigenvalue weighted by atomic mass is 35.5. The van der Waals surface area contributed by atoms with Gasteiger partial charge in [-0.05, 0) is 41.5 Å². The molecule has 0 aliphatic heterocycles. The molecule has 5 aromatic rings. The Kier molecular flexibility index (Phi) is 7.24. The Morgan fingerprint density at radius 2 is 1.63 bits per heavy atom. The van der Waals surface area contributed by atoms with Crippen molar-refractivity contribution < 1.29 is 28.2 Å². The fraction of sp³-hybridized carbons (Fsp3) is 0.103. The van der Waals surface area contributed by atoms with Gasteiger partial charge in [0.15, 0.2) is 18.2 Å². The molecule has 0 unspecified atom stereocenters. The Hall–Kier alpha value is -4.43. The van der Waals surface area contributed by atoms with Crippen LogP contribution < -0.4 is 9.47 Å². The van der Waals surface area contributed by atoms with Crippen LogP contribution in [-0.4, -0.2) is 27.2 Å². The lowest BCUT2D eigenvalue weighted by molar-refractivity contribution is -0.139. The predicted octanol–water partition coefficient (Wildman–Crippen LogP) is 6.73. The summed E-state index contributed by atoms with van der Waals surface area (Å²) >= 11 is 6.29. The lowest BCUT2D eigenvalue weighted by Gasteiger charge is -2.15. The third-order valence-electron chi connectivity index (χ3n) is 5.84. The van der Waals surface area contributed by atoms with Crippen LogP contribution in [0, 0.1) is 11.6 Å². The lowest BCUT2D eigenvalue weighted by Crippen LogP contribution is -2.09. The molecule has 0 amide bonds. The normalized spacial score (nSPS) is 11.0. The molecule has 38 heavy (non-hydrogen) atoms. The van der Waals surface area contributed by atoms with Crippen LogP contribution in [0.15, 0.2) is 84.9 Å². The second-order valence-corrected chi connectivity index (χ2v) is 8.95. The molecule has 0 spiro atoms. The first-order chi connectivity index (χ1) is 18.4. The number of hydrogen-bond donors (Lipinski definition) is 1. The number of hydrogen-bond acceptors (Lipinski definition) is 4. The molecule has 6 nitrogen and oxygen atoms in total. The van der Waals surface area contributed by atoms with Gasteiger partial charge in [0.1, 0.15) is 23.9 Å². The largest absolute Gasteiger partial charge is 0.488 e. The lowest BCUT2D eigenvalue weighted by atomic mass is 10.1. The maximum atomic E-state index is 14.2. The van der Waals surface area contributed by atoms with Crippen molar-refractivity contribution in [2.45, 2.75) is 13.2 Å². The molecule has 0 saturated carbocycles. The highest BCUT2D eigenvalue weighted by Crippen LogP contribution is 2.35. The minimum atomic E-state index is -1.06.